The number of halogens is 1. The molecule has 13 heteroatoms. The number of carbonyl (C=O) groups excluding carboxylic acids is 4. The van der Waals surface area contributed by atoms with Gasteiger partial charge in [0, 0.05) is 33.4 Å². The Morgan fingerprint density at radius 1 is 1.20 bits per heavy atom. The second-order valence-corrected chi connectivity index (χ2v) is 9.20. The molecule has 2 heterocycles. The third-order valence-electron chi connectivity index (χ3n) is 5.34. The topological polar surface area (TPSA) is 161 Å². The first-order valence-corrected chi connectivity index (χ1v) is 12.5. The first-order chi connectivity index (χ1) is 19.0. The van der Waals surface area contributed by atoms with E-state index in [9.17, 15) is 23.6 Å². The molecule has 0 spiro atoms. The second-order valence-electron chi connectivity index (χ2n) is 9.20. The Balaban J connectivity index is 0.000000401. The molecule has 3 rings (SSSR count). The van der Waals surface area contributed by atoms with Gasteiger partial charge in [-0.2, -0.15) is 0 Å². The van der Waals surface area contributed by atoms with Gasteiger partial charge in [-0.05, 0) is 51.3 Å². The lowest BCUT2D eigenvalue weighted by Gasteiger charge is -2.20. The van der Waals surface area contributed by atoms with E-state index in [-0.39, 0.29) is 36.5 Å². The number of ether oxygens (including phenoxy) is 3. The van der Waals surface area contributed by atoms with Gasteiger partial charge in [-0.15, -0.1) is 0 Å². The van der Waals surface area contributed by atoms with E-state index < -0.39 is 17.6 Å². The molecule has 3 amide bonds. The van der Waals surface area contributed by atoms with Crippen LogP contribution in [0, 0.1) is 6.92 Å². The summed E-state index contributed by atoms with van der Waals surface area (Å²) in [5.74, 6) is -0.664. The molecule has 1 fully saturated rings. The molecule has 3 atom stereocenters. The first-order valence-electron chi connectivity index (χ1n) is 12.5. The molecular formula is C27H39FN4O8. The van der Waals surface area contributed by atoms with Gasteiger partial charge >= 0.3 is 0 Å². The normalized spacial score (nSPS) is 18.6. The zero-order valence-electron chi connectivity index (χ0n) is 23.7. The van der Waals surface area contributed by atoms with Crippen LogP contribution in [0.2, 0.25) is 0 Å². The van der Waals surface area contributed by atoms with Crippen LogP contribution >= 0.6 is 0 Å². The van der Waals surface area contributed by atoms with Crippen LogP contribution in [0.5, 0.6) is 0 Å². The van der Waals surface area contributed by atoms with Crippen LogP contribution in [-0.4, -0.2) is 87.9 Å². The van der Waals surface area contributed by atoms with Gasteiger partial charge in [-0.25, -0.2) is 4.39 Å². The fourth-order valence-corrected chi connectivity index (χ4v) is 3.30. The quantitative estimate of drug-likeness (QED) is 0.253. The maximum absolute atomic E-state index is 13.2. The molecule has 2 aliphatic rings. The average Bonchev–Trinajstić information content (AvgIpc) is 3.56. The summed E-state index contributed by atoms with van der Waals surface area (Å²) in [4.78, 5) is 46.0. The number of nitrogens with zero attached hydrogens (tertiary/aromatic N) is 1. The highest BCUT2D eigenvalue weighted by atomic mass is 19.1. The number of epoxide rings is 1. The maximum atomic E-state index is 13.2. The van der Waals surface area contributed by atoms with E-state index in [1.54, 1.807) is 53.4 Å². The Bertz CT molecular complexity index is 1080. The van der Waals surface area contributed by atoms with Crippen LogP contribution in [-0.2, 0) is 28.6 Å². The summed E-state index contributed by atoms with van der Waals surface area (Å²) >= 11 is 0. The highest BCUT2D eigenvalue weighted by molar-refractivity contribution is 5.97. The number of hydrogen-bond donors (Lipinski definition) is 3. The molecule has 222 valence electrons. The molecule has 1 aromatic rings. The van der Waals surface area contributed by atoms with Crippen molar-refractivity contribution < 1.29 is 42.3 Å². The van der Waals surface area contributed by atoms with Crippen molar-refractivity contribution in [3.8, 4) is 0 Å². The van der Waals surface area contributed by atoms with E-state index in [0.717, 1.165) is 5.57 Å². The average molecular weight is 567 g/mol. The van der Waals surface area contributed by atoms with E-state index >= 15 is 0 Å². The minimum absolute atomic E-state index is 0.0375. The van der Waals surface area contributed by atoms with Gasteiger partial charge in [0.25, 0.3) is 5.91 Å². The fourth-order valence-electron chi connectivity index (χ4n) is 3.30. The summed E-state index contributed by atoms with van der Waals surface area (Å²) in [7, 11) is 4.84. The predicted molar refractivity (Wildman–Crippen MR) is 144 cm³/mol. The zero-order valence-corrected chi connectivity index (χ0v) is 23.7. The number of carbonyl (C=O) groups is 4. The number of aromatic nitrogens is 1. The SMILES string of the molecule is CC1(C(=O)[C@H](CC2=CCC=C(F)C=C2)NC(=O)CNC=O)CO1.COC.COC[C@@H](C)NC(=O)c1cc(C)on1. The summed E-state index contributed by atoms with van der Waals surface area (Å²) in [6.07, 6.45) is 7.21. The molecule has 1 aromatic heterocycles. The van der Waals surface area contributed by atoms with E-state index in [1.807, 2.05) is 6.92 Å². The lowest BCUT2D eigenvalue weighted by molar-refractivity contribution is -0.130. The van der Waals surface area contributed by atoms with Crippen molar-refractivity contribution in [1.82, 2.24) is 21.1 Å². The largest absolute Gasteiger partial charge is 0.388 e. The lowest BCUT2D eigenvalue weighted by Crippen LogP contribution is -2.48. The summed E-state index contributed by atoms with van der Waals surface area (Å²) in [5.41, 5.74) is 0.166. The number of ketones is 1. The van der Waals surface area contributed by atoms with Crippen molar-refractivity contribution >= 4 is 24.0 Å². The van der Waals surface area contributed by atoms with Crippen LogP contribution in [0.4, 0.5) is 4.39 Å². The molecule has 1 aliphatic heterocycles. The number of methoxy groups -OCH3 is 2. The van der Waals surface area contributed by atoms with Gasteiger partial charge in [0.05, 0.1) is 25.8 Å². The van der Waals surface area contributed by atoms with Crippen LogP contribution in [0.15, 0.2) is 46.3 Å². The van der Waals surface area contributed by atoms with Crippen LogP contribution in [0.1, 0.15) is 42.9 Å². The fraction of sp³-hybridized carbons (Fsp3) is 0.519. The number of nitrogens with one attached hydrogen (secondary N) is 3. The van der Waals surface area contributed by atoms with Gasteiger partial charge in [-0.3, -0.25) is 19.2 Å². The molecular weight excluding hydrogens is 527 g/mol. The third kappa shape index (κ3) is 12.9. The number of rotatable bonds is 12. The van der Waals surface area contributed by atoms with Crippen molar-refractivity contribution in [2.24, 2.45) is 0 Å². The highest BCUT2D eigenvalue weighted by Crippen LogP contribution is 2.30. The monoisotopic (exact) mass is 566 g/mol. The summed E-state index contributed by atoms with van der Waals surface area (Å²) < 4.78 is 32.3. The van der Waals surface area contributed by atoms with Crippen molar-refractivity contribution in [2.45, 2.75) is 51.3 Å². The van der Waals surface area contributed by atoms with Crippen LogP contribution in [0.3, 0.4) is 0 Å². The van der Waals surface area contributed by atoms with E-state index in [2.05, 4.69) is 25.8 Å². The molecule has 1 saturated heterocycles. The molecule has 0 saturated carbocycles. The molecule has 0 aromatic carbocycles. The molecule has 0 bridgehead atoms. The third-order valence-corrected chi connectivity index (χ3v) is 5.34. The predicted octanol–water partition coefficient (Wildman–Crippen LogP) is 1.72. The Labute approximate surface area is 233 Å². The standard InChI is InChI=1S/C16H19FN2O4.C9H14N2O3.C2H6O/c1-16(9-23-16)15(22)13(19-14(21)8-18-10-20)7-11-3-2-4-12(17)6-5-11;1-6(5-13-3)10-9(12)8-4-7(2)14-11-8;1-3-2/h3-6,10,13H,2,7-9H2,1H3,(H,18,20)(H,19,21);4,6H,5H2,1-3H3,(H,10,12);1-2H3/t13-,16?;6-;/m01./s1. The number of Topliss-reactive ketones (excluding diaryl/α,β-unsaturated/α-hetero) is 1. The minimum Gasteiger partial charge on any atom is -0.388 e. The lowest BCUT2D eigenvalue weighted by atomic mass is 9.94. The Kier molecular flexibility index (Phi) is 15.3. The number of hydrogen-bond acceptors (Lipinski definition) is 9. The van der Waals surface area contributed by atoms with Gasteiger partial charge in [0.1, 0.15) is 17.2 Å². The zero-order chi connectivity index (χ0) is 30.1. The van der Waals surface area contributed by atoms with Crippen LogP contribution < -0.4 is 16.0 Å². The summed E-state index contributed by atoms with van der Waals surface area (Å²) in [5, 5.41) is 11.2. The van der Waals surface area contributed by atoms with E-state index in [4.69, 9.17) is 14.0 Å². The molecule has 1 aliphatic carbocycles. The number of allylic oxidation sites excluding steroid dienone is 5. The van der Waals surface area contributed by atoms with Crippen molar-refractivity contribution in [2.75, 3.05) is 41.1 Å². The number of aryl methyl sites for hydroxylation is 1. The second kappa shape index (κ2) is 17.8. The maximum Gasteiger partial charge on any atom is 0.273 e. The smallest absolute Gasteiger partial charge is 0.273 e. The first kappa shape index (κ1) is 34.3. The molecule has 0 radical (unpaired) electrons. The molecule has 12 nitrogen and oxygen atoms in total. The van der Waals surface area contributed by atoms with E-state index in [1.165, 1.54) is 12.2 Å². The van der Waals surface area contributed by atoms with Gasteiger partial charge < -0.3 is 34.7 Å². The van der Waals surface area contributed by atoms with Crippen molar-refractivity contribution in [1.29, 1.82) is 0 Å². The Morgan fingerprint density at radius 3 is 2.42 bits per heavy atom. The van der Waals surface area contributed by atoms with E-state index in [0.29, 0.717) is 37.5 Å². The Hall–Kier alpha value is -3.68. The number of amides is 3. The highest BCUT2D eigenvalue weighted by Gasteiger charge is 2.50. The van der Waals surface area contributed by atoms with Gasteiger partial charge in [0.2, 0.25) is 12.3 Å². The Morgan fingerprint density at radius 2 is 1.88 bits per heavy atom. The summed E-state index contributed by atoms with van der Waals surface area (Å²) in [6, 6.07) is 0.763. The van der Waals surface area contributed by atoms with Crippen molar-refractivity contribution in [3.63, 3.8) is 0 Å². The van der Waals surface area contributed by atoms with Gasteiger partial charge in [-0.1, -0.05) is 17.3 Å². The van der Waals surface area contributed by atoms with Crippen molar-refractivity contribution in [3.05, 3.63) is 53.2 Å². The van der Waals surface area contributed by atoms with Crippen LogP contribution in [0.25, 0.3) is 0 Å². The molecule has 40 heavy (non-hydrogen) atoms. The van der Waals surface area contributed by atoms with Gasteiger partial charge in [0.15, 0.2) is 11.5 Å². The minimum atomic E-state index is -0.880. The summed E-state index contributed by atoms with van der Waals surface area (Å²) in [6.45, 7) is 5.84. The molecule has 1 unspecified atom stereocenters. The molecule has 3 N–H and O–H groups in total.